The van der Waals surface area contributed by atoms with E-state index in [1.54, 1.807) is 0 Å². The van der Waals surface area contributed by atoms with Crippen LogP contribution >= 0.6 is 0 Å². The van der Waals surface area contributed by atoms with Gasteiger partial charge in [0.1, 0.15) is 0 Å². The van der Waals surface area contributed by atoms with Crippen LogP contribution in [0.25, 0.3) is 0 Å². The van der Waals surface area contributed by atoms with E-state index >= 15 is 0 Å². The number of carboxylic acids is 1. The zero-order valence-electron chi connectivity index (χ0n) is 8.91. The first-order valence-corrected chi connectivity index (χ1v) is 5.30. The van der Waals surface area contributed by atoms with Crippen LogP contribution in [0.5, 0.6) is 0 Å². The van der Waals surface area contributed by atoms with Crippen LogP contribution in [0, 0.1) is 0 Å². The van der Waals surface area contributed by atoms with Gasteiger partial charge in [0.15, 0.2) is 0 Å². The Kier molecular flexibility index (Phi) is 9.28. The van der Waals surface area contributed by atoms with Crippen LogP contribution in [0.4, 0.5) is 0 Å². The number of unbranched alkanes of at least 4 members (excludes halogenated alkanes) is 3. The zero-order valence-corrected chi connectivity index (χ0v) is 8.91. The Labute approximate surface area is 86.3 Å². The fourth-order valence-corrected chi connectivity index (χ4v) is 1.10. The van der Waals surface area contributed by atoms with Gasteiger partial charge in [-0.25, -0.2) is 0 Å². The van der Waals surface area contributed by atoms with E-state index in [0.29, 0.717) is 6.42 Å². The molecule has 0 heterocycles. The van der Waals surface area contributed by atoms with Gasteiger partial charge in [-0.15, -0.1) is 0 Å². The maximum Gasteiger partial charge on any atom is 0.303 e. The van der Waals surface area contributed by atoms with Crippen LogP contribution in [-0.4, -0.2) is 11.1 Å². The molecular weight excluding hydrogens is 176 g/mol. The molecule has 0 amide bonds. The third kappa shape index (κ3) is 11.0. The Morgan fingerprint density at radius 2 is 1.86 bits per heavy atom. The summed E-state index contributed by atoms with van der Waals surface area (Å²) in [6, 6.07) is 0. The second-order valence-electron chi connectivity index (χ2n) is 3.26. The van der Waals surface area contributed by atoms with E-state index in [2.05, 4.69) is 31.2 Å². The number of hydrogen-bond donors (Lipinski definition) is 1. The van der Waals surface area contributed by atoms with E-state index in [9.17, 15) is 4.79 Å². The minimum absolute atomic E-state index is 0.305. The number of hydrogen-bond acceptors (Lipinski definition) is 1. The molecule has 0 unspecified atom stereocenters. The second-order valence-corrected chi connectivity index (χ2v) is 3.26. The standard InChI is InChI=1S/C12H20O2/c1-2-3-4-5-6-7-8-9-10-11-12(13)14/h3-6H,2,7-11H2,1H3,(H,13,14)/b4-3+,6-5+. The van der Waals surface area contributed by atoms with Gasteiger partial charge in [-0.05, 0) is 25.7 Å². The molecule has 0 aliphatic heterocycles. The van der Waals surface area contributed by atoms with Crippen molar-refractivity contribution in [2.75, 3.05) is 0 Å². The van der Waals surface area contributed by atoms with E-state index in [1.807, 2.05) is 0 Å². The topological polar surface area (TPSA) is 37.3 Å². The van der Waals surface area contributed by atoms with Crippen molar-refractivity contribution in [1.29, 1.82) is 0 Å². The summed E-state index contributed by atoms with van der Waals surface area (Å²) in [5, 5.41) is 8.39. The van der Waals surface area contributed by atoms with Crippen LogP contribution in [0.3, 0.4) is 0 Å². The van der Waals surface area contributed by atoms with E-state index in [1.165, 1.54) is 0 Å². The van der Waals surface area contributed by atoms with E-state index < -0.39 is 5.97 Å². The Hall–Kier alpha value is -1.05. The van der Waals surface area contributed by atoms with Crippen molar-refractivity contribution in [1.82, 2.24) is 0 Å². The summed E-state index contributed by atoms with van der Waals surface area (Å²) in [6.07, 6.45) is 13.7. The molecule has 2 nitrogen and oxygen atoms in total. The SMILES string of the molecule is CC/C=C/C=C/CCCCCC(=O)O. The summed E-state index contributed by atoms with van der Waals surface area (Å²) < 4.78 is 0. The van der Waals surface area contributed by atoms with Crippen molar-refractivity contribution >= 4 is 5.97 Å². The number of carbonyl (C=O) groups is 1. The van der Waals surface area contributed by atoms with Gasteiger partial charge in [0.25, 0.3) is 0 Å². The van der Waals surface area contributed by atoms with Crippen LogP contribution in [0.1, 0.15) is 45.4 Å². The summed E-state index contributed by atoms with van der Waals surface area (Å²) in [6.45, 7) is 2.11. The summed E-state index contributed by atoms with van der Waals surface area (Å²) in [5.41, 5.74) is 0. The third-order valence-corrected chi connectivity index (χ3v) is 1.88. The Balaban J connectivity index is 3.17. The van der Waals surface area contributed by atoms with Crippen molar-refractivity contribution < 1.29 is 9.90 Å². The molecule has 0 radical (unpaired) electrons. The molecule has 0 aromatic carbocycles. The molecule has 14 heavy (non-hydrogen) atoms. The molecule has 0 rings (SSSR count). The predicted octanol–water partition coefficient (Wildman–Crippen LogP) is 3.54. The van der Waals surface area contributed by atoms with Gasteiger partial charge in [-0.2, -0.15) is 0 Å². The highest BCUT2D eigenvalue weighted by molar-refractivity contribution is 5.66. The summed E-state index contributed by atoms with van der Waals surface area (Å²) in [5.74, 6) is -0.688. The van der Waals surface area contributed by atoms with Crippen LogP contribution in [-0.2, 0) is 4.79 Å². The maximum atomic E-state index is 10.2. The summed E-state index contributed by atoms with van der Waals surface area (Å²) >= 11 is 0. The van der Waals surface area contributed by atoms with Crippen molar-refractivity contribution in [3.05, 3.63) is 24.3 Å². The second kappa shape index (κ2) is 10.0. The number of allylic oxidation sites excluding steroid dienone is 4. The highest BCUT2D eigenvalue weighted by Gasteiger charge is 1.94. The largest absolute Gasteiger partial charge is 0.481 e. The molecule has 0 atom stereocenters. The Bertz CT molecular complexity index is 192. The Morgan fingerprint density at radius 3 is 2.50 bits per heavy atom. The molecule has 0 spiro atoms. The van der Waals surface area contributed by atoms with E-state index in [-0.39, 0.29) is 0 Å². The molecule has 1 N–H and O–H groups in total. The lowest BCUT2D eigenvalue weighted by atomic mass is 10.1. The minimum atomic E-state index is -0.688. The number of aliphatic carboxylic acids is 1. The smallest absolute Gasteiger partial charge is 0.303 e. The zero-order chi connectivity index (χ0) is 10.6. The third-order valence-electron chi connectivity index (χ3n) is 1.88. The molecule has 0 fully saturated rings. The lowest BCUT2D eigenvalue weighted by Gasteiger charge is -1.94. The van der Waals surface area contributed by atoms with Crippen molar-refractivity contribution in [3.8, 4) is 0 Å². The highest BCUT2D eigenvalue weighted by atomic mass is 16.4. The summed E-state index contributed by atoms with van der Waals surface area (Å²) in [7, 11) is 0. The van der Waals surface area contributed by atoms with Gasteiger partial charge in [0, 0.05) is 6.42 Å². The lowest BCUT2D eigenvalue weighted by Crippen LogP contribution is -1.93. The van der Waals surface area contributed by atoms with Crippen molar-refractivity contribution in [2.24, 2.45) is 0 Å². The average molecular weight is 196 g/mol. The Morgan fingerprint density at radius 1 is 1.14 bits per heavy atom. The quantitative estimate of drug-likeness (QED) is 0.476. The van der Waals surface area contributed by atoms with Gasteiger partial charge >= 0.3 is 5.97 Å². The molecule has 0 aromatic rings. The fourth-order valence-electron chi connectivity index (χ4n) is 1.10. The van der Waals surface area contributed by atoms with Crippen LogP contribution in [0.15, 0.2) is 24.3 Å². The molecule has 0 bridgehead atoms. The van der Waals surface area contributed by atoms with Crippen molar-refractivity contribution in [2.45, 2.75) is 45.4 Å². The molecule has 2 heteroatoms. The minimum Gasteiger partial charge on any atom is -0.481 e. The molecule has 0 aliphatic carbocycles. The molecule has 0 aromatic heterocycles. The average Bonchev–Trinajstić information content (AvgIpc) is 2.15. The van der Waals surface area contributed by atoms with Gasteiger partial charge < -0.3 is 5.11 Å². The lowest BCUT2D eigenvalue weighted by molar-refractivity contribution is -0.137. The molecule has 80 valence electrons. The summed E-state index contributed by atoms with van der Waals surface area (Å²) in [4.78, 5) is 10.2. The monoisotopic (exact) mass is 196 g/mol. The van der Waals surface area contributed by atoms with Gasteiger partial charge in [-0.3, -0.25) is 4.79 Å². The highest BCUT2D eigenvalue weighted by Crippen LogP contribution is 2.03. The van der Waals surface area contributed by atoms with Crippen LogP contribution in [0.2, 0.25) is 0 Å². The first-order chi connectivity index (χ1) is 6.77. The van der Waals surface area contributed by atoms with E-state index in [4.69, 9.17) is 5.11 Å². The predicted molar refractivity (Wildman–Crippen MR) is 59.3 cm³/mol. The molecule has 0 saturated carbocycles. The maximum absolute atomic E-state index is 10.2. The molecule has 0 aliphatic rings. The van der Waals surface area contributed by atoms with Gasteiger partial charge in [-0.1, -0.05) is 37.6 Å². The van der Waals surface area contributed by atoms with Gasteiger partial charge in [0.2, 0.25) is 0 Å². The van der Waals surface area contributed by atoms with Gasteiger partial charge in [0.05, 0.1) is 0 Å². The van der Waals surface area contributed by atoms with E-state index in [0.717, 1.165) is 32.1 Å². The molecule has 0 saturated heterocycles. The fraction of sp³-hybridized carbons (Fsp3) is 0.583. The van der Waals surface area contributed by atoms with Crippen molar-refractivity contribution in [3.63, 3.8) is 0 Å². The normalized spacial score (nSPS) is 11.5. The first-order valence-electron chi connectivity index (χ1n) is 5.30. The van der Waals surface area contributed by atoms with Crippen LogP contribution < -0.4 is 0 Å². The number of rotatable bonds is 8. The first kappa shape index (κ1) is 12.9. The number of carboxylic acid groups (broad SMARTS) is 1. The molecular formula is C12H20O2.